The molecule has 1 unspecified atom stereocenters. The summed E-state index contributed by atoms with van der Waals surface area (Å²) < 4.78 is 33.4. The number of benzene rings is 2. The number of nitriles is 1. The van der Waals surface area contributed by atoms with Crippen LogP contribution < -0.4 is 0 Å². The highest BCUT2D eigenvalue weighted by Crippen LogP contribution is 2.33. The minimum atomic E-state index is -0.434. The van der Waals surface area contributed by atoms with Crippen LogP contribution in [0.15, 0.2) is 53.0 Å². The molecule has 242 valence electrons. The standard InChI is InChI=1S/C36H42FN5O4/c1-3-25-6-7-26(10-14-39-35(25)46-23-29-5-4-24(20-38)18-31(29)37)27-11-15-41(16-12-27)22-34-40-32-9-8-28(36(43)44-2)19-33(32)42(34)21-30-13-17-45-30/h4-6,8-9,18-19,26-27,30H,3,7,10-17,21-23H2,1-2H3/t26?,30-/m0/s1. The van der Waals surface area contributed by atoms with Crippen LogP contribution in [0, 0.1) is 29.0 Å². The van der Waals surface area contributed by atoms with Crippen molar-refractivity contribution in [3.8, 4) is 6.07 Å². The predicted octanol–water partition coefficient (Wildman–Crippen LogP) is 6.20. The zero-order chi connectivity index (χ0) is 32.0. The van der Waals surface area contributed by atoms with Crippen LogP contribution in [0.25, 0.3) is 11.0 Å². The fraction of sp³-hybridized carbons (Fsp3) is 0.500. The third kappa shape index (κ3) is 7.16. The molecule has 2 saturated heterocycles. The number of halogens is 1. The number of aromatic nitrogens is 2. The molecule has 0 aliphatic carbocycles. The van der Waals surface area contributed by atoms with Gasteiger partial charge in [0.15, 0.2) is 0 Å². The molecule has 0 radical (unpaired) electrons. The summed E-state index contributed by atoms with van der Waals surface area (Å²) in [6.45, 7) is 7.18. The molecule has 9 nitrogen and oxygen atoms in total. The quantitative estimate of drug-likeness (QED) is 0.261. The summed E-state index contributed by atoms with van der Waals surface area (Å²) in [5.41, 5.74) is 4.14. The van der Waals surface area contributed by atoms with Gasteiger partial charge in [-0.25, -0.2) is 14.2 Å². The third-order valence-electron chi connectivity index (χ3n) is 9.72. The smallest absolute Gasteiger partial charge is 0.337 e. The Morgan fingerprint density at radius 2 is 1.96 bits per heavy atom. The lowest BCUT2D eigenvalue weighted by molar-refractivity contribution is -0.0592. The summed E-state index contributed by atoms with van der Waals surface area (Å²) in [5.74, 6) is 2.02. The van der Waals surface area contributed by atoms with Crippen LogP contribution in [-0.2, 0) is 33.9 Å². The van der Waals surface area contributed by atoms with Crippen LogP contribution in [0.4, 0.5) is 4.39 Å². The van der Waals surface area contributed by atoms with E-state index in [1.165, 1.54) is 13.2 Å². The van der Waals surface area contributed by atoms with E-state index < -0.39 is 5.82 Å². The SMILES string of the molecule is CCC1=CCC(C2CCN(Cc3nc4ccc(C(=O)OC)cc4n3C[C@@H]3CCO3)CC2)CCN=C1OCc1ccc(C#N)cc1F. The molecule has 0 bridgehead atoms. The molecule has 6 rings (SSSR count). The molecule has 3 aromatic rings. The van der Waals surface area contributed by atoms with Gasteiger partial charge >= 0.3 is 5.97 Å². The highest BCUT2D eigenvalue weighted by Gasteiger charge is 2.29. The Morgan fingerprint density at radius 1 is 1.13 bits per heavy atom. The molecule has 3 aliphatic heterocycles. The number of fused-ring (bicyclic) bond motifs is 1. The van der Waals surface area contributed by atoms with Crippen molar-refractivity contribution in [1.82, 2.24) is 14.5 Å². The van der Waals surface area contributed by atoms with Crippen LogP contribution in [0.2, 0.25) is 0 Å². The number of carbonyl (C=O) groups excluding carboxylic acids is 1. The summed E-state index contributed by atoms with van der Waals surface area (Å²) in [6, 6.07) is 12.0. The van der Waals surface area contributed by atoms with Gasteiger partial charge in [0.25, 0.3) is 0 Å². The van der Waals surface area contributed by atoms with Crippen molar-refractivity contribution in [3.05, 3.63) is 76.4 Å². The Balaban J connectivity index is 1.06. The third-order valence-corrected chi connectivity index (χ3v) is 9.72. The van der Waals surface area contributed by atoms with E-state index in [9.17, 15) is 9.18 Å². The average molecular weight is 628 g/mol. The van der Waals surface area contributed by atoms with Crippen LogP contribution in [-0.4, -0.2) is 65.8 Å². The van der Waals surface area contributed by atoms with Crippen molar-refractivity contribution < 1.29 is 23.4 Å². The first-order valence-electron chi connectivity index (χ1n) is 16.4. The van der Waals surface area contributed by atoms with Crippen LogP contribution in [0.3, 0.4) is 0 Å². The van der Waals surface area contributed by atoms with Crippen molar-refractivity contribution in [2.24, 2.45) is 16.8 Å². The number of rotatable bonds is 9. The van der Waals surface area contributed by atoms with Crippen molar-refractivity contribution >= 4 is 22.9 Å². The number of imidazole rings is 1. The van der Waals surface area contributed by atoms with Crippen molar-refractivity contribution in [2.75, 3.05) is 33.4 Å². The maximum Gasteiger partial charge on any atom is 0.337 e. The van der Waals surface area contributed by atoms with Gasteiger partial charge in [0.1, 0.15) is 18.2 Å². The van der Waals surface area contributed by atoms with Gasteiger partial charge < -0.3 is 18.8 Å². The topological polar surface area (TPSA) is 102 Å². The second-order valence-corrected chi connectivity index (χ2v) is 12.5. The molecule has 2 fully saturated rings. The second-order valence-electron chi connectivity index (χ2n) is 12.5. The zero-order valence-electron chi connectivity index (χ0n) is 26.7. The molecule has 1 aromatic heterocycles. The van der Waals surface area contributed by atoms with Gasteiger partial charge in [-0.05, 0) is 93.8 Å². The van der Waals surface area contributed by atoms with E-state index in [0.717, 1.165) is 93.7 Å². The summed E-state index contributed by atoms with van der Waals surface area (Å²) in [5, 5.41) is 9.00. The minimum Gasteiger partial charge on any atom is -0.473 e. The molecule has 10 heteroatoms. The fourth-order valence-electron chi connectivity index (χ4n) is 6.83. The highest BCUT2D eigenvalue weighted by molar-refractivity contribution is 5.94. The van der Waals surface area contributed by atoms with Crippen molar-refractivity contribution in [2.45, 2.75) is 71.2 Å². The zero-order valence-corrected chi connectivity index (χ0v) is 26.7. The van der Waals surface area contributed by atoms with Crippen LogP contribution in [0.5, 0.6) is 0 Å². The number of nitrogens with zero attached hydrogens (tertiary/aromatic N) is 5. The Morgan fingerprint density at radius 3 is 2.65 bits per heavy atom. The minimum absolute atomic E-state index is 0.0868. The first kappa shape index (κ1) is 31.9. The fourth-order valence-corrected chi connectivity index (χ4v) is 6.83. The Kier molecular flexibility index (Phi) is 10.1. The van der Waals surface area contributed by atoms with Crippen LogP contribution >= 0.6 is 0 Å². The number of allylic oxidation sites excluding steroid dienone is 1. The Bertz CT molecular complexity index is 1660. The first-order valence-corrected chi connectivity index (χ1v) is 16.4. The summed E-state index contributed by atoms with van der Waals surface area (Å²) in [7, 11) is 1.40. The van der Waals surface area contributed by atoms with Gasteiger partial charge in [0.2, 0.25) is 5.90 Å². The summed E-state index contributed by atoms with van der Waals surface area (Å²) >= 11 is 0. The number of piperidine rings is 1. The predicted molar refractivity (Wildman–Crippen MR) is 173 cm³/mol. The number of esters is 1. The highest BCUT2D eigenvalue weighted by atomic mass is 19.1. The molecule has 4 heterocycles. The summed E-state index contributed by atoms with van der Waals surface area (Å²) in [4.78, 5) is 24.5. The molecule has 2 aromatic carbocycles. The van der Waals surface area contributed by atoms with E-state index in [2.05, 4.69) is 22.5 Å². The van der Waals surface area contributed by atoms with E-state index >= 15 is 0 Å². The molecular formula is C36H42FN5O4. The lowest BCUT2D eigenvalue weighted by atomic mass is 9.79. The largest absolute Gasteiger partial charge is 0.473 e. The number of carbonyl (C=O) groups is 1. The Labute approximate surface area is 269 Å². The van der Waals surface area contributed by atoms with E-state index in [0.29, 0.717) is 41.0 Å². The maximum absolute atomic E-state index is 14.4. The monoisotopic (exact) mass is 627 g/mol. The number of aliphatic imine (C=N–C) groups is 1. The maximum atomic E-state index is 14.4. The van der Waals surface area contributed by atoms with Gasteiger partial charge in [-0.2, -0.15) is 5.26 Å². The number of hydrogen-bond acceptors (Lipinski definition) is 8. The van der Waals surface area contributed by atoms with E-state index in [1.54, 1.807) is 18.2 Å². The van der Waals surface area contributed by atoms with Crippen molar-refractivity contribution in [1.29, 1.82) is 5.26 Å². The molecular weight excluding hydrogens is 585 g/mol. The first-order chi connectivity index (χ1) is 22.4. The normalized spacial score (nSPS) is 21.0. The molecule has 0 N–H and O–H groups in total. The van der Waals surface area contributed by atoms with Crippen LogP contribution in [0.1, 0.15) is 72.8 Å². The Hall–Kier alpha value is -4.07. The number of ether oxygens (including phenoxy) is 3. The number of hydrogen-bond donors (Lipinski definition) is 0. The molecule has 2 atom stereocenters. The van der Waals surface area contributed by atoms with Gasteiger partial charge in [-0.15, -0.1) is 0 Å². The van der Waals surface area contributed by atoms with E-state index in [4.69, 9.17) is 29.4 Å². The summed E-state index contributed by atoms with van der Waals surface area (Å²) in [6.07, 6.45) is 8.52. The lowest BCUT2D eigenvalue weighted by Gasteiger charge is -2.36. The number of likely N-dealkylation sites (tertiary alicyclic amines) is 1. The van der Waals surface area contributed by atoms with E-state index in [-0.39, 0.29) is 18.7 Å². The molecule has 0 amide bonds. The molecule has 3 aliphatic rings. The second kappa shape index (κ2) is 14.6. The van der Waals surface area contributed by atoms with Gasteiger partial charge in [0.05, 0.1) is 54.5 Å². The van der Waals surface area contributed by atoms with Gasteiger partial charge in [-0.3, -0.25) is 9.89 Å². The number of methoxy groups -OCH3 is 1. The molecule has 46 heavy (non-hydrogen) atoms. The van der Waals surface area contributed by atoms with E-state index in [1.807, 2.05) is 18.2 Å². The van der Waals surface area contributed by atoms with Gasteiger partial charge in [-0.1, -0.05) is 19.1 Å². The average Bonchev–Trinajstić information content (AvgIpc) is 3.38. The van der Waals surface area contributed by atoms with Gasteiger partial charge in [0, 0.05) is 24.3 Å². The molecule has 0 saturated carbocycles. The lowest BCUT2D eigenvalue weighted by Crippen LogP contribution is -2.37. The van der Waals surface area contributed by atoms with Crippen molar-refractivity contribution in [3.63, 3.8) is 0 Å². The molecule has 0 spiro atoms.